The monoisotopic (exact) mass is 307 g/mol. The van der Waals surface area contributed by atoms with Crippen molar-refractivity contribution in [1.82, 2.24) is 4.90 Å². The molecule has 1 N–H and O–H groups in total. The highest BCUT2D eigenvalue weighted by Crippen LogP contribution is 2.27. The maximum Gasteiger partial charge on any atom is 0.231 e. The second kappa shape index (κ2) is 7.02. The predicted octanol–water partition coefficient (Wildman–Crippen LogP) is 2.40. The Balaban J connectivity index is 2.06. The van der Waals surface area contributed by atoms with Gasteiger partial charge in [0.05, 0.1) is 18.6 Å². The van der Waals surface area contributed by atoms with Crippen molar-refractivity contribution in [2.45, 2.75) is 25.0 Å². The van der Waals surface area contributed by atoms with Crippen molar-refractivity contribution in [3.63, 3.8) is 0 Å². The Bertz CT molecular complexity index is 504. The first-order valence-corrected chi connectivity index (χ1v) is 7.84. The molecular formula is C15H17NO2S2. The highest BCUT2D eigenvalue weighted by atomic mass is 32.2. The average molecular weight is 307 g/mol. The van der Waals surface area contributed by atoms with Crippen molar-refractivity contribution in [2.75, 3.05) is 5.75 Å². The fourth-order valence-corrected chi connectivity index (χ4v) is 3.61. The van der Waals surface area contributed by atoms with E-state index in [0.717, 1.165) is 12.2 Å². The topological polar surface area (TPSA) is 40.5 Å². The molecule has 0 aromatic heterocycles. The smallest absolute Gasteiger partial charge is 0.231 e. The second-order valence-corrected chi connectivity index (χ2v) is 6.35. The summed E-state index contributed by atoms with van der Waals surface area (Å²) in [7, 11) is 0. The Morgan fingerprint density at radius 3 is 2.90 bits per heavy atom. The number of amides is 1. The van der Waals surface area contributed by atoms with Gasteiger partial charge in [0.1, 0.15) is 4.32 Å². The van der Waals surface area contributed by atoms with Crippen molar-refractivity contribution in [1.29, 1.82) is 0 Å². The SMILES string of the molecule is C=CC(O)CC(=O)N1C(=S)SC[C@H]1Cc1ccccc1. The summed E-state index contributed by atoms with van der Waals surface area (Å²) in [6, 6.07) is 10.1. The van der Waals surface area contributed by atoms with Gasteiger partial charge in [0, 0.05) is 5.75 Å². The van der Waals surface area contributed by atoms with Crippen LogP contribution in [0.15, 0.2) is 43.0 Å². The summed E-state index contributed by atoms with van der Waals surface area (Å²) in [6.45, 7) is 3.49. The molecule has 1 aromatic carbocycles. The van der Waals surface area contributed by atoms with Gasteiger partial charge in [-0.3, -0.25) is 9.69 Å². The zero-order chi connectivity index (χ0) is 14.5. The Hall–Kier alpha value is -1.17. The molecule has 1 aromatic rings. The predicted molar refractivity (Wildman–Crippen MR) is 86.7 cm³/mol. The van der Waals surface area contributed by atoms with E-state index < -0.39 is 6.10 Å². The number of nitrogens with zero attached hydrogens (tertiary/aromatic N) is 1. The number of thiocarbonyl (C=S) groups is 1. The first-order valence-electron chi connectivity index (χ1n) is 6.45. The number of carbonyl (C=O) groups excluding carboxylic acids is 1. The number of hydrogen-bond donors (Lipinski definition) is 1. The lowest BCUT2D eigenvalue weighted by Crippen LogP contribution is -2.41. The molecule has 0 saturated carbocycles. The quantitative estimate of drug-likeness (QED) is 0.670. The third kappa shape index (κ3) is 3.69. The number of aliphatic hydroxyl groups is 1. The van der Waals surface area contributed by atoms with E-state index in [4.69, 9.17) is 12.2 Å². The summed E-state index contributed by atoms with van der Waals surface area (Å²) in [5.41, 5.74) is 1.19. The van der Waals surface area contributed by atoms with Gasteiger partial charge >= 0.3 is 0 Å². The van der Waals surface area contributed by atoms with Crippen LogP contribution in [0.2, 0.25) is 0 Å². The minimum atomic E-state index is -0.812. The first kappa shape index (κ1) is 15.2. The lowest BCUT2D eigenvalue weighted by molar-refractivity contribution is -0.129. The van der Waals surface area contributed by atoms with Crippen molar-refractivity contribution >= 4 is 34.2 Å². The van der Waals surface area contributed by atoms with Crippen molar-refractivity contribution in [3.05, 3.63) is 48.6 Å². The number of rotatable bonds is 5. The third-order valence-corrected chi connectivity index (χ3v) is 4.75. The highest BCUT2D eigenvalue weighted by molar-refractivity contribution is 8.23. The first-order chi connectivity index (χ1) is 9.61. The second-order valence-electron chi connectivity index (χ2n) is 4.69. The van der Waals surface area contributed by atoms with Gasteiger partial charge in [0.2, 0.25) is 5.91 Å². The molecule has 1 saturated heterocycles. The molecule has 1 unspecified atom stereocenters. The van der Waals surface area contributed by atoms with E-state index in [1.165, 1.54) is 23.4 Å². The third-order valence-electron chi connectivity index (χ3n) is 3.20. The molecule has 5 heteroatoms. The van der Waals surface area contributed by atoms with E-state index in [2.05, 4.69) is 6.58 Å². The molecular weight excluding hydrogens is 290 g/mol. The van der Waals surface area contributed by atoms with Crippen LogP contribution in [0.1, 0.15) is 12.0 Å². The Morgan fingerprint density at radius 2 is 2.25 bits per heavy atom. The highest BCUT2D eigenvalue weighted by Gasteiger charge is 2.34. The average Bonchev–Trinajstić information content (AvgIpc) is 2.80. The number of aliphatic hydroxyl groups excluding tert-OH is 1. The molecule has 0 bridgehead atoms. The van der Waals surface area contributed by atoms with Crippen LogP contribution in [0.5, 0.6) is 0 Å². The summed E-state index contributed by atoms with van der Waals surface area (Å²) in [5, 5.41) is 9.54. The molecule has 1 fully saturated rings. The van der Waals surface area contributed by atoms with Gasteiger partial charge in [-0.1, -0.05) is 60.4 Å². The molecule has 1 heterocycles. The van der Waals surface area contributed by atoms with E-state index in [1.807, 2.05) is 30.3 Å². The minimum absolute atomic E-state index is 0.0372. The van der Waals surface area contributed by atoms with Gasteiger partial charge < -0.3 is 5.11 Å². The fraction of sp³-hybridized carbons (Fsp3) is 0.333. The van der Waals surface area contributed by atoms with Crippen LogP contribution in [-0.2, 0) is 11.2 Å². The number of carbonyl (C=O) groups is 1. The van der Waals surface area contributed by atoms with E-state index in [1.54, 1.807) is 4.90 Å². The van der Waals surface area contributed by atoms with Crippen LogP contribution in [-0.4, -0.2) is 38.1 Å². The van der Waals surface area contributed by atoms with Crippen LogP contribution in [0.25, 0.3) is 0 Å². The summed E-state index contributed by atoms with van der Waals surface area (Å²) < 4.78 is 0.604. The molecule has 1 aliphatic heterocycles. The molecule has 1 amide bonds. The van der Waals surface area contributed by atoms with E-state index in [9.17, 15) is 9.90 Å². The summed E-state index contributed by atoms with van der Waals surface area (Å²) in [6.07, 6.45) is 1.38. The summed E-state index contributed by atoms with van der Waals surface area (Å²) >= 11 is 6.78. The Labute approximate surface area is 128 Å². The molecule has 2 rings (SSSR count). The van der Waals surface area contributed by atoms with Crippen LogP contribution < -0.4 is 0 Å². The van der Waals surface area contributed by atoms with Gasteiger partial charge in [-0.25, -0.2) is 0 Å². The van der Waals surface area contributed by atoms with E-state index >= 15 is 0 Å². The van der Waals surface area contributed by atoms with E-state index in [-0.39, 0.29) is 18.4 Å². The van der Waals surface area contributed by atoms with Crippen LogP contribution in [0.3, 0.4) is 0 Å². The standard InChI is InChI=1S/C15H17NO2S2/c1-2-13(17)9-14(18)16-12(10-20-15(16)19)8-11-6-4-3-5-7-11/h2-7,12-13,17H,1,8-10H2/t12-,13?/m1/s1. The molecule has 3 nitrogen and oxygen atoms in total. The van der Waals surface area contributed by atoms with Crippen molar-refractivity contribution in [3.8, 4) is 0 Å². The number of benzene rings is 1. The summed E-state index contributed by atoms with van der Waals surface area (Å²) in [4.78, 5) is 13.9. The van der Waals surface area contributed by atoms with Crippen LogP contribution in [0.4, 0.5) is 0 Å². The molecule has 0 aliphatic carbocycles. The number of hydrogen-bond acceptors (Lipinski definition) is 4. The molecule has 2 atom stereocenters. The largest absolute Gasteiger partial charge is 0.389 e. The minimum Gasteiger partial charge on any atom is -0.389 e. The zero-order valence-corrected chi connectivity index (χ0v) is 12.7. The zero-order valence-electron chi connectivity index (χ0n) is 11.1. The van der Waals surface area contributed by atoms with E-state index in [0.29, 0.717) is 4.32 Å². The fourth-order valence-electron chi connectivity index (χ4n) is 2.16. The molecule has 106 valence electrons. The summed E-state index contributed by atoms with van der Waals surface area (Å²) in [5.74, 6) is 0.678. The van der Waals surface area contributed by atoms with Gasteiger partial charge in [0.25, 0.3) is 0 Å². The lowest BCUT2D eigenvalue weighted by Gasteiger charge is -2.24. The van der Waals surface area contributed by atoms with Crippen molar-refractivity contribution in [2.24, 2.45) is 0 Å². The molecule has 0 radical (unpaired) electrons. The lowest BCUT2D eigenvalue weighted by atomic mass is 10.1. The van der Waals surface area contributed by atoms with Gasteiger partial charge in [-0.2, -0.15) is 0 Å². The van der Waals surface area contributed by atoms with Crippen LogP contribution in [0, 0.1) is 0 Å². The van der Waals surface area contributed by atoms with Gasteiger partial charge in [0.15, 0.2) is 0 Å². The maximum atomic E-state index is 12.2. The molecule has 20 heavy (non-hydrogen) atoms. The molecule has 1 aliphatic rings. The molecule has 0 spiro atoms. The Kier molecular flexibility index (Phi) is 5.34. The Morgan fingerprint density at radius 1 is 1.55 bits per heavy atom. The van der Waals surface area contributed by atoms with Crippen molar-refractivity contribution < 1.29 is 9.90 Å². The van der Waals surface area contributed by atoms with Gasteiger partial charge in [-0.15, -0.1) is 6.58 Å². The normalized spacial score (nSPS) is 19.9. The maximum absolute atomic E-state index is 12.2. The van der Waals surface area contributed by atoms with Crippen LogP contribution >= 0.6 is 24.0 Å². The van der Waals surface area contributed by atoms with Gasteiger partial charge in [-0.05, 0) is 12.0 Å². The number of thioether (sulfide) groups is 1.